The molecule has 7 nitrogen and oxygen atoms in total. The minimum atomic E-state index is -0.901. The maximum atomic E-state index is 12.1. The molecule has 27 heavy (non-hydrogen) atoms. The molecule has 0 heterocycles. The first kappa shape index (κ1) is 20.4. The summed E-state index contributed by atoms with van der Waals surface area (Å²) in [4.78, 5) is 34.4. The van der Waals surface area contributed by atoms with Gasteiger partial charge in [-0.3, -0.25) is 14.9 Å². The van der Waals surface area contributed by atoms with Crippen molar-refractivity contribution < 1.29 is 19.2 Å². The van der Waals surface area contributed by atoms with Gasteiger partial charge >= 0.3 is 5.97 Å². The van der Waals surface area contributed by atoms with Gasteiger partial charge in [-0.15, -0.1) is 0 Å². The second-order valence-corrected chi connectivity index (χ2v) is 6.34. The van der Waals surface area contributed by atoms with Crippen LogP contribution in [0.3, 0.4) is 0 Å². The Morgan fingerprint density at radius 3 is 2.48 bits per heavy atom. The number of carbonyl (C=O) groups excluding carboxylic acids is 2. The highest BCUT2D eigenvalue weighted by Crippen LogP contribution is 2.23. The maximum absolute atomic E-state index is 12.1. The van der Waals surface area contributed by atoms with E-state index in [1.807, 2.05) is 38.1 Å². The number of carbonyl (C=O) groups is 2. The van der Waals surface area contributed by atoms with Gasteiger partial charge in [0.2, 0.25) is 0 Å². The van der Waals surface area contributed by atoms with Gasteiger partial charge in [0.25, 0.3) is 11.6 Å². The average molecular weight is 391 g/mol. The first-order valence-electron chi connectivity index (χ1n) is 8.28. The zero-order chi connectivity index (χ0) is 20.0. The third-order valence-electron chi connectivity index (χ3n) is 3.94. The van der Waals surface area contributed by atoms with Crippen molar-refractivity contribution in [3.63, 3.8) is 0 Å². The highest BCUT2D eigenvalue weighted by Gasteiger charge is 2.19. The van der Waals surface area contributed by atoms with E-state index in [9.17, 15) is 19.7 Å². The number of esters is 1. The molecule has 0 aliphatic carbocycles. The lowest BCUT2D eigenvalue weighted by atomic mass is 10.0. The molecule has 2 rings (SSSR count). The Labute approximate surface area is 161 Å². The van der Waals surface area contributed by atoms with Gasteiger partial charge in [-0.05, 0) is 25.0 Å². The summed E-state index contributed by atoms with van der Waals surface area (Å²) in [5.74, 6) is -1.38. The van der Waals surface area contributed by atoms with Gasteiger partial charge < -0.3 is 10.1 Å². The van der Waals surface area contributed by atoms with Gasteiger partial charge in [0.05, 0.1) is 21.6 Å². The van der Waals surface area contributed by atoms with Crippen LogP contribution in [0.15, 0.2) is 42.5 Å². The van der Waals surface area contributed by atoms with Crippen molar-refractivity contribution >= 4 is 29.2 Å². The number of nitrogens with zero attached hydrogens (tertiary/aromatic N) is 1. The number of hydrogen-bond acceptors (Lipinski definition) is 5. The molecular formula is C19H19ClN2O5. The van der Waals surface area contributed by atoms with Crippen LogP contribution in [0.2, 0.25) is 5.02 Å². The fourth-order valence-electron chi connectivity index (χ4n) is 2.45. The predicted molar refractivity (Wildman–Crippen MR) is 101 cm³/mol. The Bertz CT molecular complexity index is 852. The first-order chi connectivity index (χ1) is 12.8. The van der Waals surface area contributed by atoms with E-state index >= 15 is 0 Å². The molecule has 1 atom stereocenters. The van der Waals surface area contributed by atoms with Crippen molar-refractivity contribution in [3.8, 4) is 0 Å². The zero-order valence-corrected chi connectivity index (χ0v) is 15.7. The zero-order valence-electron chi connectivity index (χ0n) is 14.9. The smallest absolute Gasteiger partial charge is 0.340 e. The molecule has 142 valence electrons. The molecule has 1 N–H and O–H groups in total. The van der Waals surface area contributed by atoms with E-state index in [-0.39, 0.29) is 22.3 Å². The van der Waals surface area contributed by atoms with Crippen LogP contribution in [0.4, 0.5) is 5.69 Å². The summed E-state index contributed by atoms with van der Waals surface area (Å²) >= 11 is 5.89. The van der Waals surface area contributed by atoms with Crippen molar-refractivity contribution in [2.75, 3.05) is 6.61 Å². The average Bonchev–Trinajstić information content (AvgIpc) is 2.65. The lowest BCUT2D eigenvalue weighted by Gasteiger charge is -2.17. The summed E-state index contributed by atoms with van der Waals surface area (Å²) in [6.45, 7) is 3.39. The molecule has 0 saturated heterocycles. The molecule has 0 unspecified atom stereocenters. The molecule has 0 radical (unpaired) electrons. The lowest BCUT2D eigenvalue weighted by Crippen LogP contribution is -2.32. The number of aryl methyl sites for hydroxylation is 1. The number of benzene rings is 2. The number of nitro groups is 1. The number of rotatable bonds is 7. The molecule has 0 aliphatic heterocycles. The molecular weight excluding hydrogens is 372 g/mol. The Balaban J connectivity index is 1.98. The molecule has 1 amide bonds. The van der Waals surface area contributed by atoms with Crippen LogP contribution in [0, 0.1) is 17.0 Å². The fraction of sp³-hybridized carbons (Fsp3) is 0.263. The van der Waals surface area contributed by atoms with E-state index in [0.29, 0.717) is 6.42 Å². The second kappa shape index (κ2) is 9.14. The molecule has 0 bridgehead atoms. The number of non-ortho nitro benzene ring substituents is 1. The van der Waals surface area contributed by atoms with Crippen LogP contribution < -0.4 is 5.32 Å². The van der Waals surface area contributed by atoms with Gasteiger partial charge in [-0.1, -0.05) is 48.4 Å². The first-order valence-corrected chi connectivity index (χ1v) is 8.66. The fourth-order valence-corrected chi connectivity index (χ4v) is 2.64. The minimum Gasteiger partial charge on any atom is -0.452 e. The molecule has 2 aromatic rings. The topological polar surface area (TPSA) is 98.5 Å². The monoisotopic (exact) mass is 390 g/mol. The molecule has 0 fully saturated rings. The molecule has 0 aliphatic rings. The number of amides is 1. The number of nitro benzene ring substituents is 1. The van der Waals surface area contributed by atoms with Crippen molar-refractivity contribution in [2.24, 2.45) is 0 Å². The quantitative estimate of drug-likeness (QED) is 0.438. The van der Waals surface area contributed by atoms with E-state index < -0.39 is 23.4 Å². The number of hydrogen-bond donors (Lipinski definition) is 1. The Kier molecular flexibility index (Phi) is 6.90. The molecule has 0 aromatic heterocycles. The van der Waals surface area contributed by atoms with Gasteiger partial charge in [-0.25, -0.2) is 4.79 Å². The predicted octanol–water partition coefficient (Wildman–Crippen LogP) is 3.98. The number of halogens is 1. The molecule has 2 aromatic carbocycles. The summed E-state index contributed by atoms with van der Waals surface area (Å²) in [5.41, 5.74) is 1.61. The summed E-state index contributed by atoms with van der Waals surface area (Å²) in [5, 5.41) is 13.6. The SMILES string of the molecule is CC[C@@H](NC(=O)COC(=O)c1cc([N+](=O)[O-])ccc1Cl)c1ccc(C)cc1. The summed E-state index contributed by atoms with van der Waals surface area (Å²) < 4.78 is 4.95. The highest BCUT2D eigenvalue weighted by atomic mass is 35.5. The van der Waals surface area contributed by atoms with Crippen LogP contribution in [-0.2, 0) is 9.53 Å². The Hall–Kier alpha value is -2.93. The third-order valence-corrected chi connectivity index (χ3v) is 4.27. The van der Waals surface area contributed by atoms with Crippen molar-refractivity contribution in [2.45, 2.75) is 26.3 Å². The Morgan fingerprint density at radius 2 is 1.89 bits per heavy atom. The van der Waals surface area contributed by atoms with Crippen LogP contribution >= 0.6 is 11.6 Å². The highest BCUT2D eigenvalue weighted by molar-refractivity contribution is 6.33. The van der Waals surface area contributed by atoms with Crippen molar-refractivity contribution in [1.82, 2.24) is 5.32 Å². The van der Waals surface area contributed by atoms with Crippen molar-refractivity contribution in [3.05, 3.63) is 74.3 Å². The van der Waals surface area contributed by atoms with Crippen LogP contribution in [0.1, 0.15) is 40.9 Å². The Morgan fingerprint density at radius 1 is 1.22 bits per heavy atom. The van der Waals surface area contributed by atoms with E-state index in [1.54, 1.807) is 0 Å². The maximum Gasteiger partial charge on any atom is 0.340 e. The third kappa shape index (κ3) is 5.52. The summed E-state index contributed by atoms with van der Waals surface area (Å²) in [6.07, 6.45) is 0.666. The summed E-state index contributed by atoms with van der Waals surface area (Å²) in [7, 11) is 0. The number of nitrogens with one attached hydrogen (secondary N) is 1. The van der Waals surface area contributed by atoms with Gasteiger partial charge in [0.15, 0.2) is 6.61 Å². The second-order valence-electron chi connectivity index (χ2n) is 5.94. The number of ether oxygens (including phenoxy) is 1. The van der Waals surface area contributed by atoms with E-state index in [0.717, 1.165) is 17.2 Å². The standard InChI is InChI=1S/C19H19ClN2O5/c1-3-17(13-6-4-12(2)5-7-13)21-18(23)11-27-19(24)15-10-14(22(25)26)8-9-16(15)20/h4-10,17H,3,11H2,1-2H3,(H,21,23)/t17-/m1/s1. The normalized spacial score (nSPS) is 11.5. The van der Waals surface area contributed by atoms with E-state index in [1.165, 1.54) is 12.1 Å². The van der Waals surface area contributed by atoms with Gasteiger partial charge in [0, 0.05) is 12.1 Å². The van der Waals surface area contributed by atoms with E-state index in [2.05, 4.69) is 5.32 Å². The minimum absolute atomic E-state index is 0.0112. The van der Waals surface area contributed by atoms with Crippen molar-refractivity contribution in [1.29, 1.82) is 0 Å². The lowest BCUT2D eigenvalue weighted by molar-refractivity contribution is -0.384. The molecule has 8 heteroatoms. The largest absolute Gasteiger partial charge is 0.452 e. The molecule has 0 spiro atoms. The molecule has 0 saturated carbocycles. The summed E-state index contributed by atoms with van der Waals surface area (Å²) in [6, 6.07) is 11.0. The van der Waals surface area contributed by atoms with Crippen LogP contribution in [0.5, 0.6) is 0 Å². The van der Waals surface area contributed by atoms with Gasteiger partial charge in [-0.2, -0.15) is 0 Å². The van der Waals surface area contributed by atoms with E-state index in [4.69, 9.17) is 16.3 Å². The van der Waals surface area contributed by atoms with Gasteiger partial charge in [0.1, 0.15) is 0 Å². The van der Waals surface area contributed by atoms with Crippen LogP contribution in [-0.4, -0.2) is 23.4 Å². The van der Waals surface area contributed by atoms with Crippen LogP contribution in [0.25, 0.3) is 0 Å².